The molecule has 202 valence electrons. The fourth-order valence-electron chi connectivity index (χ4n) is 5.66. The van der Waals surface area contributed by atoms with E-state index in [9.17, 15) is 14.9 Å². The van der Waals surface area contributed by atoms with Crippen molar-refractivity contribution in [2.24, 2.45) is 0 Å². The lowest BCUT2D eigenvalue weighted by atomic mass is 9.73. The zero-order valence-corrected chi connectivity index (χ0v) is 23.9. The summed E-state index contributed by atoms with van der Waals surface area (Å²) in [6.07, 6.45) is 0.600. The Balaban J connectivity index is 1.69. The lowest BCUT2D eigenvalue weighted by Crippen LogP contribution is -2.57. The molecule has 3 aliphatic rings. The molecule has 2 saturated heterocycles. The van der Waals surface area contributed by atoms with Crippen LogP contribution in [-0.2, 0) is 21.4 Å². The van der Waals surface area contributed by atoms with Gasteiger partial charge < -0.3 is 24.8 Å². The molecule has 0 saturated carbocycles. The van der Waals surface area contributed by atoms with Gasteiger partial charge in [-0.15, -0.1) is 0 Å². The Bertz CT molecular complexity index is 1380. The predicted octanol–water partition coefficient (Wildman–Crippen LogP) is 4.17. The predicted molar refractivity (Wildman–Crippen MR) is 146 cm³/mol. The zero-order valence-electron chi connectivity index (χ0n) is 22.3. The maximum Gasteiger partial charge on any atom is 0.410 e. The van der Waals surface area contributed by atoms with Gasteiger partial charge in [-0.05, 0) is 75.3 Å². The SMILES string of the molecule is CN(C)C1CN(c2nc3c(F)c(Br)c(CC#N)cc3c3c2NC(=O)C32CCCN(C(=O)OC(C)(C)C)C2)C1. The highest BCUT2D eigenvalue weighted by molar-refractivity contribution is 9.10. The summed E-state index contributed by atoms with van der Waals surface area (Å²) in [5.41, 5.74) is 0.0795. The van der Waals surface area contributed by atoms with Crippen LogP contribution in [0.15, 0.2) is 10.5 Å². The number of anilines is 2. The highest BCUT2D eigenvalue weighted by Gasteiger charge is 2.53. The molecule has 0 bridgehead atoms. The average Bonchev–Trinajstić information content (AvgIpc) is 3.07. The molecular formula is C27H32BrFN6O3. The number of fused-ring (bicyclic) bond motifs is 4. The molecule has 2 fully saturated rings. The molecule has 5 rings (SSSR count). The van der Waals surface area contributed by atoms with Crippen LogP contribution in [-0.4, -0.2) is 78.7 Å². The number of nitrogens with zero attached hydrogens (tertiary/aromatic N) is 5. The standard InChI is InChI=1S/C27H32BrFN6O3/c1-26(2,3)38-25(37)34-10-6-8-27(14-34)18-17-11-15(7-9-30)19(28)20(29)21(17)31-23(22(18)32-24(27)36)35-12-16(13-35)33(4)5/h11,16H,6-8,10,12-14H2,1-5H3,(H,32,36). The number of carbonyl (C=O) groups is 2. The van der Waals surface area contributed by atoms with Gasteiger partial charge in [-0.2, -0.15) is 5.26 Å². The Hall–Kier alpha value is -2.97. The molecule has 0 radical (unpaired) electrons. The molecule has 1 N–H and O–H groups in total. The first kappa shape index (κ1) is 26.6. The monoisotopic (exact) mass is 586 g/mol. The molecular weight excluding hydrogens is 555 g/mol. The van der Waals surface area contributed by atoms with Gasteiger partial charge in [0.05, 0.1) is 28.1 Å². The summed E-state index contributed by atoms with van der Waals surface area (Å²) in [4.78, 5) is 37.4. The van der Waals surface area contributed by atoms with Crippen molar-refractivity contribution in [3.8, 4) is 6.07 Å². The van der Waals surface area contributed by atoms with Crippen LogP contribution in [0.25, 0.3) is 10.9 Å². The number of carbonyl (C=O) groups excluding carboxylic acids is 2. The molecule has 1 spiro atoms. The number of amides is 2. The quantitative estimate of drug-likeness (QED) is 0.575. The Morgan fingerprint density at radius 3 is 2.74 bits per heavy atom. The van der Waals surface area contributed by atoms with Crippen molar-refractivity contribution in [2.45, 2.75) is 57.1 Å². The van der Waals surface area contributed by atoms with Crippen LogP contribution in [0.4, 0.5) is 20.7 Å². The minimum Gasteiger partial charge on any atom is -0.444 e. The number of benzene rings is 1. The van der Waals surface area contributed by atoms with Crippen molar-refractivity contribution in [3.05, 3.63) is 27.5 Å². The number of aromatic nitrogens is 1. The van der Waals surface area contributed by atoms with Crippen LogP contribution in [0.3, 0.4) is 0 Å². The van der Waals surface area contributed by atoms with E-state index in [2.05, 4.69) is 32.2 Å². The Kier molecular flexibility index (Phi) is 6.55. The third-order valence-corrected chi connectivity index (χ3v) is 8.53. The first-order valence-corrected chi connectivity index (χ1v) is 13.6. The van der Waals surface area contributed by atoms with Gasteiger partial charge in [-0.3, -0.25) is 4.79 Å². The highest BCUT2D eigenvalue weighted by Crippen LogP contribution is 2.51. The molecule has 1 atom stereocenters. The van der Waals surface area contributed by atoms with Crippen LogP contribution in [0.5, 0.6) is 0 Å². The largest absolute Gasteiger partial charge is 0.444 e. The first-order valence-electron chi connectivity index (χ1n) is 12.8. The van der Waals surface area contributed by atoms with E-state index in [0.29, 0.717) is 66.5 Å². The van der Waals surface area contributed by atoms with Crippen LogP contribution >= 0.6 is 15.9 Å². The maximum atomic E-state index is 15.8. The van der Waals surface area contributed by atoms with Gasteiger partial charge in [0, 0.05) is 43.2 Å². The van der Waals surface area contributed by atoms with Gasteiger partial charge in [0.25, 0.3) is 0 Å². The van der Waals surface area contributed by atoms with E-state index in [1.54, 1.807) is 31.7 Å². The van der Waals surface area contributed by atoms with Crippen molar-refractivity contribution >= 4 is 50.3 Å². The van der Waals surface area contributed by atoms with Crippen LogP contribution in [0, 0.1) is 17.1 Å². The number of pyridine rings is 1. The van der Waals surface area contributed by atoms with Crippen molar-refractivity contribution in [2.75, 3.05) is 50.5 Å². The summed E-state index contributed by atoms with van der Waals surface area (Å²) in [6, 6.07) is 4.17. The number of rotatable bonds is 3. The Morgan fingerprint density at radius 2 is 2.11 bits per heavy atom. The third kappa shape index (κ3) is 4.28. The van der Waals surface area contributed by atoms with Crippen LogP contribution in [0.2, 0.25) is 0 Å². The van der Waals surface area contributed by atoms with Crippen molar-refractivity contribution < 1.29 is 18.7 Å². The fraction of sp³-hybridized carbons (Fsp3) is 0.556. The summed E-state index contributed by atoms with van der Waals surface area (Å²) in [6.45, 7) is 7.38. The molecule has 4 heterocycles. The van der Waals surface area contributed by atoms with Crippen molar-refractivity contribution in [1.29, 1.82) is 5.26 Å². The second-order valence-electron chi connectivity index (χ2n) is 11.6. The lowest BCUT2D eigenvalue weighted by molar-refractivity contribution is -0.122. The van der Waals surface area contributed by atoms with Crippen molar-refractivity contribution in [1.82, 2.24) is 14.8 Å². The number of halogens is 2. The van der Waals surface area contributed by atoms with Crippen LogP contribution in [0.1, 0.15) is 44.7 Å². The van der Waals surface area contributed by atoms with E-state index in [-0.39, 0.29) is 28.9 Å². The third-order valence-electron chi connectivity index (χ3n) is 7.67. The van der Waals surface area contributed by atoms with Gasteiger partial charge in [0.1, 0.15) is 11.1 Å². The van der Waals surface area contributed by atoms with Gasteiger partial charge >= 0.3 is 6.09 Å². The summed E-state index contributed by atoms with van der Waals surface area (Å²) in [5, 5.41) is 12.9. The number of likely N-dealkylation sites (tertiary alicyclic amines) is 1. The Morgan fingerprint density at radius 1 is 1.39 bits per heavy atom. The molecule has 2 aromatic rings. The number of hydrogen-bond acceptors (Lipinski definition) is 7. The fourth-order valence-corrected chi connectivity index (χ4v) is 6.11. The smallest absolute Gasteiger partial charge is 0.410 e. The summed E-state index contributed by atoms with van der Waals surface area (Å²) >= 11 is 3.32. The number of nitrogens with one attached hydrogen (secondary N) is 1. The second kappa shape index (κ2) is 9.35. The molecule has 38 heavy (non-hydrogen) atoms. The van der Waals surface area contributed by atoms with E-state index in [1.807, 2.05) is 19.0 Å². The summed E-state index contributed by atoms with van der Waals surface area (Å²) in [5.74, 6) is -0.258. The number of hydrogen-bond donors (Lipinski definition) is 1. The lowest BCUT2D eigenvalue weighted by Gasteiger charge is -2.44. The molecule has 11 heteroatoms. The number of nitriles is 1. The zero-order chi connectivity index (χ0) is 27.6. The topological polar surface area (TPSA) is 102 Å². The molecule has 2 amide bonds. The van der Waals surface area contributed by atoms with Crippen LogP contribution < -0.4 is 10.2 Å². The van der Waals surface area contributed by atoms with Gasteiger partial charge in [-0.25, -0.2) is 14.2 Å². The van der Waals surface area contributed by atoms with E-state index in [1.165, 1.54) is 0 Å². The first-order chi connectivity index (χ1) is 17.9. The molecule has 3 aliphatic heterocycles. The minimum absolute atomic E-state index is 0.000976. The van der Waals surface area contributed by atoms with E-state index < -0.39 is 22.9 Å². The molecule has 9 nitrogen and oxygen atoms in total. The normalized spacial score (nSPS) is 21.5. The van der Waals surface area contributed by atoms with Gasteiger partial charge in [0.2, 0.25) is 5.91 Å². The maximum absolute atomic E-state index is 15.8. The van der Waals surface area contributed by atoms with Crippen molar-refractivity contribution in [3.63, 3.8) is 0 Å². The van der Waals surface area contributed by atoms with E-state index in [0.717, 1.165) is 0 Å². The molecule has 1 aromatic carbocycles. The number of ether oxygens (including phenoxy) is 1. The highest BCUT2D eigenvalue weighted by atomic mass is 79.9. The molecule has 1 aromatic heterocycles. The summed E-state index contributed by atoms with van der Waals surface area (Å²) < 4.78 is 21.7. The Labute approximate surface area is 230 Å². The molecule has 0 aliphatic carbocycles. The average molecular weight is 587 g/mol. The van der Waals surface area contributed by atoms with Gasteiger partial charge in [-0.1, -0.05) is 0 Å². The number of piperidine rings is 1. The minimum atomic E-state index is -1.09. The summed E-state index contributed by atoms with van der Waals surface area (Å²) in [7, 11) is 4.02. The van der Waals surface area contributed by atoms with E-state index in [4.69, 9.17) is 9.72 Å². The van der Waals surface area contributed by atoms with E-state index >= 15 is 4.39 Å². The molecule has 1 unspecified atom stereocenters. The number of likely N-dealkylation sites (N-methyl/N-ethyl adjacent to an activating group) is 1. The second-order valence-corrected chi connectivity index (χ2v) is 12.4. The van der Waals surface area contributed by atoms with Gasteiger partial charge in [0.15, 0.2) is 11.6 Å².